The molecule has 2 N–H and O–H groups in total. The Morgan fingerprint density at radius 1 is 1.43 bits per heavy atom. The number of aryl methyl sites for hydroxylation is 1. The maximum atomic E-state index is 5.52. The molecule has 2 unspecified atom stereocenters. The summed E-state index contributed by atoms with van der Waals surface area (Å²) in [4.78, 5) is 4.15. The molecule has 1 aromatic rings. The zero-order valence-electron chi connectivity index (χ0n) is 8.40. The van der Waals surface area contributed by atoms with Crippen molar-refractivity contribution in [2.24, 2.45) is 10.7 Å². The lowest BCUT2D eigenvalue weighted by Crippen LogP contribution is -2.14. The quantitative estimate of drug-likeness (QED) is 0.733. The first-order valence-electron chi connectivity index (χ1n) is 4.73. The minimum Gasteiger partial charge on any atom is -0.455 e. The number of amidine groups is 1. The molecule has 2 atom stereocenters. The van der Waals surface area contributed by atoms with E-state index in [0.717, 1.165) is 5.56 Å². The lowest BCUT2D eigenvalue weighted by molar-refractivity contribution is 0.199. The highest BCUT2D eigenvalue weighted by Crippen LogP contribution is 2.28. The average Bonchev–Trinajstić information content (AvgIpc) is 2.45. The van der Waals surface area contributed by atoms with Gasteiger partial charge in [-0.1, -0.05) is 29.8 Å². The van der Waals surface area contributed by atoms with Crippen molar-refractivity contribution < 1.29 is 4.74 Å². The Hall–Kier alpha value is -1.51. The van der Waals surface area contributed by atoms with Crippen molar-refractivity contribution in [3.63, 3.8) is 0 Å². The molecule has 0 radical (unpaired) electrons. The summed E-state index contributed by atoms with van der Waals surface area (Å²) in [5, 5.41) is 0. The smallest absolute Gasteiger partial charge is 0.283 e. The fourth-order valence-corrected chi connectivity index (χ4v) is 1.72. The van der Waals surface area contributed by atoms with Crippen LogP contribution in [0.25, 0.3) is 0 Å². The highest BCUT2D eigenvalue weighted by molar-refractivity contribution is 5.73. The van der Waals surface area contributed by atoms with Gasteiger partial charge in [0, 0.05) is 0 Å². The van der Waals surface area contributed by atoms with Gasteiger partial charge in [-0.3, -0.25) is 0 Å². The van der Waals surface area contributed by atoms with Crippen molar-refractivity contribution >= 4 is 6.02 Å². The normalized spacial score (nSPS) is 25.7. The second-order valence-corrected chi connectivity index (χ2v) is 3.66. The Labute approximate surface area is 83.6 Å². The first kappa shape index (κ1) is 9.06. The second-order valence-electron chi connectivity index (χ2n) is 3.66. The zero-order valence-corrected chi connectivity index (χ0v) is 8.40. The van der Waals surface area contributed by atoms with E-state index in [1.54, 1.807) is 0 Å². The first-order chi connectivity index (χ1) is 6.66. The number of rotatable bonds is 1. The lowest BCUT2D eigenvalue weighted by atomic mass is 10.0. The summed E-state index contributed by atoms with van der Waals surface area (Å²) >= 11 is 0. The molecule has 1 aromatic carbocycles. The maximum absolute atomic E-state index is 5.52. The summed E-state index contributed by atoms with van der Waals surface area (Å²) in [6.07, 6.45) is -0.0186. The molecule has 0 aromatic heterocycles. The zero-order chi connectivity index (χ0) is 10.1. The predicted octanol–water partition coefficient (Wildman–Crippen LogP) is 1.77. The summed E-state index contributed by atoms with van der Waals surface area (Å²) in [7, 11) is 0. The number of hydrogen-bond donors (Lipinski definition) is 1. The monoisotopic (exact) mass is 190 g/mol. The molecule has 0 saturated carbocycles. The highest BCUT2D eigenvalue weighted by atomic mass is 16.5. The summed E-state index contributed by atoms with van der Waals surface area (Å²) in [6, 6.07) is 8.64. The van der Waals surface area contributed by atoms with Crippen LogP contribution in [-0.2, 0) is 4.74 Å². The summed E-state index contributed by atoms with van der Waals surface area (Å²) in [6.45, 7) is 4.07. The third-order valence-corrected chi connectivity index (χ3v) is 2.39. The number of nitrogens with zero attached hydrogens (tertiary/aromatic N) is 1. The van der Waals surface area contributed by atoms with Gasteiger partial charge in [0.1, 0.15) is 6.10 Å². The molecule has 1 aliphatic rings. The van der Waals surface area contributed by atoms with E-state index in [-0.39, 0.29) is 12.1 Å². The van der Waals surface area contributed by atoms with Gasteiger partial charge in [0.2, 0.25) is 0 Å². The van der Waals surface area contributed by atoms with E-state index in [9.17, 15) is 0 Å². The molecule has 1 heterocycles. The molecule has 14 heavy (non-hydrogen) atoms. The van der Waals surface area contributed by atoms with Gasteiger partial charge in [-0.2, -0.15) is 0 Å². The molecular weight excluding hydrogens is 176 g/mol. The Kier molecular flexibility index (Phi) is 2.15. The van der Waals surface area contributed by atoms with Crippen molar-refractivity contribution in [3.8, 4) is 0 Å². The molecule has 0 saturated heterocycles. The van der Waals surface area contributed by atoms with Gasteiger partial charge in [0.15, 0.2) is 0 Å². The maximum Gasteiger partial charge on any atom is 0.283 e. The van der Waals surface area contributed by atoms with Crippen molar-refractivity contribution in [2.75, 3.05) is 0 Å². The van der Waals surface area contributed by atoms with Crippen molar-refractivity contribution in [1.29, 1.82) is 0 Å². The molecule has 0 fully saturated rings. The van der Waals surface area contributed by atoms with E-state index in [1.165, 1.54) is 5.56 Å². The first-order valence-corrected chi connectivity index (χ1v) is 4.73. The number of ether oxygens (including phenoxy) is 1. The van der Waals surface area contributed by atoms with Crippen LogP contribution in [0.2, 0.25) is 0 Å². The van der Waals surface area contributed by atoms with E-state index >= 15 is 0 Å². The molecule has 1 aliphatic heterocycles. The van der Waals surface area contributed by atoms with Crippen molar-refractivity contribution in [3.05, 3.63) is 35.4 Å². The van der Waals surface area contributed by atoms with E-state index in [1.807, 2.05) is 19.1 Å². The van der Waals surface area contributed by atoms with E-state index in [4.69, 9.17) is 10.5 Å². The van der Waals surface area contributed by atoms with Crippen LogP contribution in [0.1, 0.15) is 24.2 Å². The van der Waals surface area contributed by atoms with Gasteiger partial charge in [0.05, 0.1) is 6.04 Å². The van der Waals surface area contributed by atoms with Gasteiger partial charge < -0.3 is 10.5 Å². The van der Waals surface area contributed by atoms with Gasteiger partial charge in [-0.25, -0.2) is 4.99 Å². The third kappa shape index (κ3) is 1.58. The minimum atomic E-state index is -0.0186. The summed E-state index contributed by atoms with van der Waals surface area (Å²) in [5.74, 6) is 0. The van der Waals surface area contributed by atoms with Crippen LogP contribution in [0.3, 0.4) is 0 Å². The Morgan fingerprint density at radius 2 is 2.21 bits per heavy atom. The second kappa shape index (κ2) is 3.33. The van der Waals surface area contributed by atoms with Gasteiger partial charge in [0.25, 0.3) is 6.02 Å². The van der Waals surface area contributed by atoms with Crippen LogP contribution in [0.5, 0.6) is 0 Å². The number of aliphatic imine (C=N–C) groups is 1. The van der Waals surface area contributed by atoms with Gasteiger partial charge in [-0.05, 0) is 19.4 Å². The van der Waals surface area contributed by atoms with Crippen LogP contribution in [0, 0.1) is 6.92 Å². The van der Waals surface area contributed by atoms with Crippen LogP contribution in [0.15, 0.2) is 29.3 Å². The SMILES string of the molecule is Cc1cccc(C2OC(N)=NC2C)c1. The Morgan fingerprint density at radius 3 is 2.79 bits per heavy atom. The largest absolute Gasteiger partial charge is 0.455 e. The number of benzene rings is 1. The van der Waals surface area contributed by atoms with Gasteiger partial charge in [-0.15, -0.1) is 0 Å². The fourth-order valence-electron chi connectivity index (χ4n) is 1.72. The summed E-state index contributed by atoms with van der Waals surface area (Å²) < 4.78 is 5.44. The summed E-state index contributed by atoms with van der Waals surface area (Å²) in [5.41, 5.74) is 7.88. The third-order valence-electron chi connectivity index (χ3n) is 2.39. The Bertz CT molecular complexity index is 373. The molecule has 0 aliphatic carbocycles. The van der Waals surface area contributed by atoms with Crippen LogP contribution >= 0.6 is 0 Å². The Balaban J connectivity index is 2.25. The van der Waals surface area contributed by atoms with Crippen LogP contribution < -0.4 is 5.73 Å². The van der Waals surface area contributed by atoms with Crippen molar-refractivity contribution in [1.82, 2.24) is 0 Å². The van der Waals surface area contributed by atoms with Crippen molar-refractivity contribution in [2.45, 2.75) is 26.0 Å². The lowest BCUT2D eigenvalue weighted by Gasteiger charge is -2.14. The molecular formula is C11H14N2O. The van der Waals surface area contributed by atoms with E-state index in [2.05, 4.69) is 24.0 Å². The minimum absolute atomic E-state index is 0.0186. The molecule has 2 rings (SSSR count). The van der Waals surface area contributed by atoms with E-state index < -0.39 is 0 Å². The average molecular weight is 190 g/mol. The molecule has 3 nitrogen and oxygen atoms in total. The van der Waals surface area contributed by atoms with Crippen LogP contribution in [0.4, 0.5) is 0 Å². The molecule has 3 heteroatoms. The predicted molar refractivity (Wildman–Crippen MR) is 56.1 cm³/mol. The number of nitrogens with two attached hydrogens (primary N) is 1. The topological polar surface area (TPSA) is 47.6 Å². The molecule has 0 amide bonds. The van der Waals surface area contributed by atoms with Gasteiger partial charge >= 0.3 is 0 Å². The molecule has 74 valence electrons. The number of hydrogen-bond acceptors (Lipinski definition) is 3. The molecule has 0 spiro atoms. The van der Waals surface area contributed by atoms with E-state index in [0.29, 0.717) is 6.02 Å². The van der Waals surface area contributed by atoms with Crippen LogP contribution in [-0.4, -0.2) is 12.1 Å². The highest BCUT2D eigenvalue weighted by Gasteiger charge is 2.27. The fraction of sp³-hybridized carbons (Fsp3) is 0.364. The molecule has 0 bridgehead atoms. The standard InChI is InChI=1S/C11H14N2O/c1-7-4-3-5-9(6-7)10-8(2)13-11(12)14-10/h3-6,8,10H,1-2H3,(H2,12,13).